The number of hydrogen-bond donors (Lipinski definition) is 10. The molecule has 0 aromatic carbocycles. The molecule has 0 radical (unpaired) electrons. The zero-order chi connectivity index (χ0) is 57.7. The van der Waals surface area contributed by atoms with Crippen LogP contribution in [0.4, 0.5) is 0 Å². The van der Waals surface area contributed by atoms with Gasteiger partial charge in [-0.2, -0.15) is 8.42 Å². The summed E-state index contributed by atoms with van der Waals surface area (Å²) in [6.45, 7) is 13.5. The second kappa shape index (κ2) is 22.6. The van der Waals surface area contributed by atoms with E-state index in [1.165, 1.54) is 7.11 Å². The summed E-state index contributed by atoms with van der Waals surface area (Å²) < 4.78 is 97.4. The number of ketones is 1. The molecule has 0 aromatic rings. The van der Waals surface area contributed by atoms with Gasteiger partial charge in [0, 0.05) is 18.9 Å². The third-order valence-corrected chi connectivity index (χ3v) is 20.2. The van der Waals surface area contributed by atoms with Crippen molar-refractivity contribution in [3.8, 4) is 0 Å². The second-order valence-electron chi connectivity index (χ2n) is 24.9. The molecule has 0 bridgehead atoms. The van der Waals surface area contributed by atoms with Crippen molar-refractivity contribution in [3.63, 3.8) is 0 Å². The number of ether oxygens (including phenoxy) is 10. The molecule has 4 aliphatic carbocycles. The number of aliphatic hydroxyl groups excluding tert-OH is 9. The van der Waals surface area contributed by atoms with Crippen LogP contribution in [0.25, 0.3) is 0 Å². The van der Waals surface area contributed by atoms with E-state index in [-0.39, 0.29) is 35.4 Å². The average molecular weight is 1150 g/mol. The van der Waals surface area contributed by atoms with Gasteiger partial charge in [0.1, 0.15) is 96.8 Å². The Morgan fingerprint density at radius 2 is 1.38 bits per heavy atom. The van der Waals surface area contributed by atoms with E-state index < -0.39 is 181 Å². The number of aliphatic hydroxyl groups is 9. The van der Waals surface area contributed by atoms with Crippen LogP contribution in [-0.2, 0) is 71.5 Å². The van der Waals surface area contributed by atoms with Crippen LogP contribution in [0.5, 0.6) is 0 Å². The van der Waals surface area contributed by atoms with Crippen LogP contribution in [0.3, 0.4) is 0 Å². The van der Waals surface area contributed by atoms with E-state index in [1.807, 2.05) is 13.8 Å². The van der Waals surface area contributed by atoms with Crippen molar-refractivity contribution in [1.82, 2.24) is 0 Å². The molecule has 9 aliphatic rings. The Labute approximate surface area is 459 Å². The maximum Gasteiger partial charge on any atom is 0.397 e. The summed E-state index contributed by atoms with van der Waals surface area (Å²) >= 11 is 0. The number of rotatable bonds is 17. The molecule has 26 unspecified atom stereocenters. The first-order chi connectivity index (χ1) is 37.0. The largest absolute Gasteiger partial charge is 0.458 e. The molecule has 0 amide bonds. The molecule has 25 nitrogen and oxygen atoms in total. The molecule has 26 atom stereocenters. The molecule has 0 aromatic heterocycles. The molecule has 1 spiro atoms. The normalized spacial score (nSPS) is 49.7. The van der Waals surface area contributed by atoms with Crippen LogP contribution in [0.1, 0.15) is 99.3 Å². The molecule has 8 fully saturated rings. The fourth-order valence-electron chi connectivity index (χ4n) is 15.8. The molecule has 10 N–H and O–H groups in total. The minimum absolute atomic E-state index is 0.0163. The van der Waals surface area contributed by atoms with Crippen LogP contribution in [0, 0.1) is 39.4 Å². The Morgan fingerprint density at radius 3 is 2.04 bits per heavy atom. The van der Waals surface area contributed by atoms with Gasteiger partial charge in [-0.1, -0.05) is 44.9 Å². The average Bonchev–Trinajstić information content (AvgIpc) is 2.69. The number of carbonyl (C=O) groups is 2. The summed E-state index contributed by atoms with van der Waals surface area (Å²) in [6, 6.07) is 0. The monoisotopic (exact) mass is 1150 g/mol. The zero-order valence-electron chi connectivity index (χ0n) is 45.7. The smallest absolute Gasteiger partial charge is 0.397 e. The summed E-state index contributed by atoms with van der Waals surface area (Å²) in [4.78, 5) is 28.7. The number of cyclic esters (lactones) is 1. The van der Waals surface area contributed by atoms with E-state index in [0.29, 0.717) is 38.5 Å². The Hall–Kier alpha value is -2.23. The topological polar surface area (TPSA) is 372 Å². The summed E-state index contributed by atoms with van der Waals surface area (Å²) in [7, 11) is -4.00. The van der Waals surface area contributed by atoms with Crippen molar-refractivity contribution >= 4 is 22.2 Å². The van der Waals surface area contributed by atoms with Crippen molar-refractivity contribution < 1.29 is 120 Å². The number of hydrogen-bond acceptors (Lipinski definition) is 24. The van der Waals surface area contributed by atoms with Gasteiger partial charge in [-0.3, -0.25) is 14.1 Å². The van der Waals surface area contributed by atoms with E-state index >= 15 is 0 Å². The van der Waals surface area contributed by atoms with Crippen molar-refractivity contribution in [2.75, 3.05) is 33.5 Å². The predicted molar refractivity (Wildman–Crippen MR) is 267 cm³/mol. The van der Waals surface area contributed by atoms with Gasteiger partial charge in [0.25, 0.3) is 0 Å². The fourth-order valence-corrected chi connectivity index (χ4v) is 16.3. The summed E-state index contributed by atoms with van der Waals surface area (Å²) in [5.41, 5.74) is -1.49. The van der Waals surface area contributed by atoms with Gasteiger partial charge in [-0.05, 0) is 87.9 Å². The molecule has 26 heteroatoms. The molecule has 3 saturated carbocycles. The maximum absolute atomic E-state index is 14.4. The van der Waals surface area contributed by atoms with Gasteiger partial charge < -0.3 is 93.3 Å². The Bertz CT molecular complexity index is 2390. The van der Waals surface area contributed by atoms with Gasteiger partial charge in [0.2, 0.25) is 0 Å². The van der Waals surface area contributed by atoms with E-state index in [1.54, 1.807) is 0 Å². The molecule has 5 aliphatic heterocycles. The van der Waals surface area contributed by atoms with Crippen LogP contribution >= 0.6 is 0 Å². The zero-order valence-corrected chi connectivity index (χ0v) is 46.5. The van der Waals surface area contributed by atoms with Crippen molar-refractivity contribution in [2.24, 2.45) is 39.4 Å². The molecular formula is C53H82O25S. The fraction of sp³-hybridized carbons (Fsp3) is 0.887. The summed E-state index contributed by atoms with van der Waals surface area (Å²) in [5.74, 6) is -0.821. The van der Waals surface area contributed by atoms with Crippen LogP contribution in [0.2, 0.25) is 0 Å². The number of esters is 1. The Morgan fingerprint density at radius 1 is 0.747 bits per heavy atom. The quantitative estimate of drug-likeness (QED) is 0.0486. The number of Topliss-reactive ketones (excluding diaryl/α,β-unsaturated/α-hetero) is 1. The van der Waals surface area contributed by atoms with Gasteiger partial charge in [0.05, 0.1) is 43.9 Å². The highest BCUT2D eigenvalue weighted by Crippen LogP contribution is 2.75. The van der Waals surface area contributed by atoms with E-state index in [9.17, 15) is 68.5 Å². The Balaban J connectivity index is 0.904. The van der Waals surface area contributed by atoms with Gasteiger partial charge in [-0.15, -0.1) is 6.58 Å². The predicted octanol–water partition coefficient (Wildman–Crippen LogP) is -0.770. The second-order valence-corrected chi connectivity index (χ2v) is 25.9. The van der Waals surface area contributed by atoms with Crippen LogP contribution in [0.15, 0.2) is 23.8 Å². The molecule has 5 saturated heterocycles. The molecule has 450 valence electrons. The van der Waals surface area contributed by atoms with Crippen molar-refractivity contribution in [1.29, 1.82) is 0 Å². The highest BCUT2D eigenvalue weighted by molar-refractivity contribution is 7.80. The van der Waals surface area contributed by atoms with Gasteiger partial charge in [-0.25, -0.2) is 4.18 Å². The highest BCUT2D eigenvalue weighted by Gasteiger charge is 2.79. The number of carbonyl (C=O) groups excluding carboxylic acids is 2. The lowest BCUT2D eigenvalue weighted by molar-refractivity contribution is -0.385. The third kappa shape index (κ3) is 10.5. The van der Waals surface area contributed by atoms with Gasteiger partial charge >= 0.3 is 16.4 Å². The number of fused-ring (bicyclic) bond motifs is 4. The minimum Gasteiger partial charge on any atom is -0.458 e. The number of allylic oxidation sites excluding steroid dienone is 3. The maximum atomic E-state index is 14.4. The Kier molecular flexibility index (Phi) is 17.6. The minimum atomic E-state index is -5.19. The molecule has 9 rings (SSSR count). The first-order valence-electron chi connectivity index (χ1n) is 27.5. The standard InChI is InChI=1S/C53H82O25S/c1-23(2)10-9-15-52(7)43-26(56)18-51(6)25-11-12-31-49(3,4)32(14-16-50(31,5)24(25)13-17-53(43,51)48(64)77-52)73-47-42(34(59)30(22-70-47)78-79(65,66)67)76-45-36(61)35(60)40(29(20-55)72-45)75-44-37(62)39(27(57)21-69-44)74-46-38(63)41(68-8)33(58)28(19-54)71-46/h11,24,27-47,54-55,57-63H,1,9-10,12-22H2,2-8H3,(H,65,66,67). The number of methoxy groups -OCH3 is 1. The SMILES string of the molecule is C=C(C)CCCC1(C)OC(=O)C23CCC4C(=CCC5C(C)(C)C(OC6OCC(OS(=O)(=O)O)C(O)C6OC6OC(CO)C(OC7OCC(O)C(OC8OC(CO)C(O)C(OC)C8O)C7O)C(O)C6O)CCC45C)C2(C)CC(=O)C13. The lowest BCUT2D eigenvalue weighted by Gasteiger charge is -2.63. The summed E-state index contributed by atoms with van der Waals surface area (Å²) in [6.07, 6.45) is -24.0. The van der Waals surface area contributed by atoms with Crippen molar-refractivity contribution in [2.45, 2.75) is 222 Å². The highest BCUT2D eigenvalue weighted by atomic mass is 32.3. The summed E-state index contributed by atoms with van der Waals surface area (Å²) in [5, 5.41) is 98.8. The lowest BCUT2D eigenvalue weighted by atomic mass is 9.41. The van der Waals surface area contributed by atoms with Crippen molar-refractivity contribution in [3.05, 3.63) is 23.8 Å². The van der Waals surface area contributed by atoms with E-state index in [0.717, 1.165) is 24.0 Å². The van der Waals surface area contributed by atoms with Gasteiger partial charge in [0.15, 0.2) is 25.2 Å². The third-order valence-electron chi connectivity index (χ3n) is 19.8. The molecular weight excluding hydrogens is 1070 g/mol. The van der Waals surface area contributed by atoms with E-state index in [4.69, 9.17) is 51.6 Å². The molecule has 79 heavy (non-hydrogen) atoms. The lowest BCUT2D eigenvalue weighted by Crippen LogP contribution is -2.66. The van der Waals surface area contributed by atoms with Crippen LogP contribution in [-0.4, -0.2) is 227 Å². The first-order valence-corrected chi connectivity index (χ1v) is 28.8. The van der Waals surface area contributed by atoms with E-state index in [2.05, 4.69) is 40.3 Å². The molecule has 5 heterocycles. The first kappa shape index (κ1) is 61.3. The van der Waals surface area contributed by atoms with Crippen LogP contribution < -0.4 is 0 Å².